The van der Waals surface area contributed by atoms with E-state index in [-0.39, 0.29) is 18.3 Å². The third-order valence-electron chi connectivity index (χ3n) is 2.55. The Balaban J connectivity index is 1.78. The Hall–Kier alpha value is -2.40. The van der Waals surface area contributed by atoms with Gasteiger partial charge in [-0.2, -0.15) is 5.10 Å². The van der Waals surface area contributed by atoms with Crippen molar-refractivity contribution in [1.82, 2.24) is 5.43 Å². The lowest BCUT2D eigenvalue weighted by Crippen LogP contribution is -2.25. The lowest BCUT2D eigenvalue weighted by Gasteiger charge is -2.05. The van der Waals surface area contributed by atoms with Gasteiger partial charge in [0.1, 0.15) is 5.82 Å². The minimum absolute atomic E-state index is 0.0705. The minimum atomic E-state index is -0.318. The molecule has 0 unspecified atom stereocenters. The normalized spacial score (nSPS) is 10.6. The SMILES string of the molecule is O=C(CNc1cccc(Cl)c1)N/N=C/c1ccc(F)cc1. The fraction of sp³-hybridized carbons (Fsp3) is 0.0667. The molecule has 0 radical (unpaired) electrons. The lowest BCUT2D eigenvalue weighted by molar-refractivity contribution is -0.119. The van der Waals surface area contributed by atoms with Crippen LogP contribution in [-0.2, 0) is 4.79 Å². The number of rotatable bonds is 5. The van der Waals surface area contributed by atoms with Gasteiger partial charge in [0.25, 0.3) is 5.91 Å². The summed E-state index contributed by atoms with van der Waals surface area (Å²) in [5, 5.41) is 7.30. The molecule has 0 aromatic heterocycles. The van der Waals surface area contributed by atoms with E-state index in [1.54, 1.807) is 36.4 Å². The van der Waals surface area contributed by atoms with E-state index in [1.165, 1.54) is 18.3 Å². The molecular formula is C15H13ClFN3O. The first-order valence-corrected chi connectivity index (χ1v) is 6.58. The first-order valence-electron chi connectivity index (χ1n) is 6.20. The number of amides is 1. The fourth-order valence-corrected chi connectivity index (χ4v) is 1.74. The number of carbonyl (C=O) groups is 1. The maximum Gasteiger partial charge on any atom is 0.259 e. The smallest absolute Gasteiger partial charge is 0.259 e. The molecule has 0 atom stereocenters. The summed E-state index contributed by atoms with van der Waals surface area (Å²) < 4.78 is 12.7. The van der Waals surface area contributed by atoms with Crippen LogP contribution in [0.25, 0.3) is 0 Å². The predicted octanol–water partition coefficient (Wildman–Crippen LogP) is 3.04. The van der Waals surface area contributed by atoms with Gasteiger partial charge >= 0.3 is 0 Å². The average molecular weight is 306 g/mol. The highest BCUT2D eigenvalue weighted by molar-refractivity contribution is 6.30. The van der Waals surface area contributed by atoms with E-state index in [1.807, 2.05) is 0 Å². The Morgan fingerprint density at radius 3 is 2.71 bits per heavy atom. The molecule has 0 aliphatic carbocycles. The van der Waals surface area contributed by atoms with Gasteiger partial charge in [-0.3, -0.25) is 4.79 Å². The molecule has 0 aliphatic heterocycles. The van der Waals surface area contributed by atoms with Crippen molar-refractivity contribution >= 4 is 29.4 Å². The zero-order chi connectivity index (χ0) is 15.1. The maximum atomic E-state index is 12.7. The van der Waals surface area contributed by atoms with Crippen LogP contribution in [0.2, 0.25) is 5.02 Å². The Morgan fingerprint density at radius 2 is 2.00 bits per heavy atom. The van der Waals surface area contributed by atoms with Gasteiger partial charge in [0.15, 0.2) is 0 Å². The third kappa shape index (κ3) is 5.24. The Kier molecular flexibility index (Phi) is 5.29. The fourth-order valence-electron chi connectivity index (χ4n) is 1.55. The zero-order valence-corrected chi connectivity index (χ0v) is 11.8. The van der Waals surface area contributed by atoms with Crippen molar-refractivity contribution in [2.45, 2.75) is 0 Å². The van der Waals surface area contributed by atoms with Crippen molar-refractivity contribution in [2.24, 2.45) is 5.10 Å². The van der Waals surface area contributed by atoms with E-state index >= 15 is 0 Å². The van der Waals surface area contributed by atoms with Crippen LogP contribution in [-0.4, -0.2) is 18.7 Å². The first-order chi connectivity index (χ1) is 10.1. The second-order valence-corrected chi connectivity index (χ2v) is 4.65. The van der Waals surface area contributed by atoms with Crippen molar-refractivity contribution in [3.63, 3.8) is 0 Å². The van der Waals surface area contributed by atoms with Gasteiger partial charge in [0, 0.05) is 10.7 Å². The van der Waals surface area contributed by atoms with Crippen LogP contribution in [0, 0.1) is 5.82 Å². The summed E-state index contributed by atoms with van der Waals surface area (Å²) in [4.78, 5) is 11.6. The van der Waals surface area contributed by atoms with Crippen LogP contribution >= 0.6 is 11.6 Å². The number of benzene rings is 2. The Morgan fingerprint density at radius 1 is 1.24 bits per heavy atom. The van der Waals surface area contributed by atoms with Crippen LogP contribution in [0.15, 0.2) is 53.6 Å². The highest BCUT2D eigenvalue weighted by Gasteiger charge is 1.99. The molecule has 1 amide bonds. The largest absolute Gasteiger partial charge is 0.376 e. The summed E-state index contributed by atoms with van der Waals surface area (Å²) in [5.74, 6) is -0.616. The van der Waals surface area contributed by atoms with Gasteiger partial charge < -0.3 is 5.32 Å². The number of nitrogens with one attached hydrogen (secondary N) is 2. The highest BCUT2D eigenvalue weighted by atomic mass is 35.5. The van der Waals surface area contributed by atoms with E-state index in [4.69, 9.17) is 11.6 Å². The van der Waals surface area contributed by atoms with Crippen molar-refractivity contribution in [1.29, 1.82) is 0 Å². The van der Waals surface area contributed by atoms with Crippen molar-refractivity contribution in [3.05, 3.63) is 64.9 Å². The third-order valence-corrected chi connectivity index (χ3v) is 2.79. The van der Waals surface area contributed by atoms with E-state index < -0.39 is 0 Å². The van der Waals surface area contributed by atoms with Gasteiger partial charge in [-0.05, 0) is 35.9 Å². The maximum absolute atomic E-state index is 12.7. The van der Waals surface area contributed by atoms with E-state index in [0.29, 0.717) is 10.6 Å². The number of hydrogen-bond donors (Lipinski definition) is 2. The number of carbonyl (C=O) groups excluding carboxylic acids is 1. The van der Waals surface area contributed by atoms with E-state index in [2.05, 4.69) is 15.8 Å². The molecule has 2 N–H and O–H groups in total. The van der Waals surface area contributed by atoms with Crippen LogP contribution in [0.4, 0.5) is 10.1 Å². The molecule has 0 saturated carbocycles. The van der Waals surface area contributed by atoms with Crippen molar-refractivity contribution < 1.29 is 9.18 Å². The highest BCUT2D eigenvalue weighted by Crippen LogP contribution is 2.14. The standard InChI is InChI=1S/C15H13ClFN3O/c16-12-2-1-3-14(8-12)18-10-15(21)20-19-9-11-4-6-13(17)7-5-11/h1-9,18H,10H2,(H,20,21)/b19-9+. The molecule has 2 aromatic carbocycles. The molecule has 4 nitrogen and oxygen atoms in total. The second kappa shape index (κ2) is 7.40. The molecule has 0 spiro atoms. The van der Waals surface area contributed by atoms with E-state index in [9.17, 15) is 9.18 Å². The zero-order valence-electron chi connectivity index (χ0n) is 11.0. The summed E-state index contributed by atoms with van der Waals surface area (Å²) >= 11 is 5.83. The Labute approximate surface area is 126 Å². The molecule has 21 heavy (non-hydrogen) atoms. The number of halogens is 2. The molecule has 0 heterocycles. The van der Waals surface area contributed by atoms with Crippen LogP contribution < -0.4 is 10.7 Å². The second-order valence-electron chi connectivity index (χ2n) is 4.21. The summed E-state index contributed by atoms with van der Waals surface area (Å²) in [6.07, 6.45) is 1.44. The quantitative estimate of drug-likeness (QED) is 0.659. The number of hydrazone groups is 1. The molecule has 0 aliphatic rings. The molecule has 108 valence electrons. The van der Waals surface area contributed by atoms with Gasteiger partial charge in [0.05, 0.1) is 12.8 Å². The van der Waals surface area contributed by atoms with Gasteiger partial charge in [0.2, 0.25) is 0 Å². The number of hydrogen-bond acceptors (Lipinski definition) is 3. The van der Waals surface area contributed by atoms with Gasteiger partial charge in [-0.25, -0.2) is 9.82 Å². The van der Waals surface area contributed by atoms with Crippen molar-refractivity contribution in [2.75, 3.05) is 11.9 Å². The lowest BCUT2D eigenvalue weighted by atomic mass is 10.2. The molecular weight excluding hydrogens is 293 g/mol. The summed E-state index contributed by atoms with van der Waals surface area (Å²) in [6.45, 7) is 0.0705. The van der Waals surface area contributed by atoms with Gasteiger partial charge in [-0.15, -0.1) is 0 Å². The average Bonchev–Trinajstić information content (AvgIpc) is 2.47. The minimum Gasteiger partial charge on any atom is -0.376 e. The van der Waals surface area contributed by atoms with Crippen LogP contribution in [0.3, 0.4) is 0 Å². The molecule has 0 fully saturated rings. The monoisotopic (exact) mass is 305 g/mol. The first kappa shape index (κ1) is 15.0. The summed E-state index contributed by atoms with van der Waals surface area (Å²) in [5.41, 5.74) is 3.82. The molecule has 2 aromatic rings. The van der Waals surface area contributed by atoms with Crippen LogP contribution in [0.5, 0.6) is 0 Å². The molecule has 6 heteroatoms. The van der Waals surface area contributed by atoms with Crippen molar-refractivity contribution in [3.8, 4) is 0 Å². The molecule has 0 bridgehead atoms. The Bertz CT molecular complexity index is 644. The predicted molar refractivity (Wildman–Crippen MR) is 82.1 cm³/mol. The topological polar surface area (TPSA) is 53.5 Å². The van der Waals surface area contributed by atoms with E-state index in [0.717, 1.165) is 5.69 Å². The summed E-state index contributed by atoms with van der Waals surface area (Å²) in [7, 11) is 0. The summed E-state index contributed by atoms with van der Waals surface area (Å²) in [6, 6.07) is 12.8. The number of anilines is 1. The molecule has 2 rings (SSSR count). The van der Waals surface area contributed by atoms with Gasteiger partial charge in [-0.1, -0.05) is 29.8 Å². The van der Waals surface area contributed by atoms with Crippen LogP contribution in [0.1, 0.15) is 5.56 Å². The molecule has 0 saturated heterocycles. The number of nitrogens with zero attached hydrogens (tertiary/aromatic N) is 1.